The van der Waals surface area contributed by atoms with Gasteiger partial charge in [-0.3, -0.25) is 14.4 Å². The Morgan fingerprint density at radius 3 is 2.82 bits per heavy atom. The number of morpholine rings is 1. The van der Waals surface area contributed by atoms with E-state index < -0.39 is 5.56 Å². The Morgan fingerprint density at radius 2 is 2.07 bits per heavy atom. The minimum absolute atomic E-state index is 0.169. The van der Waals surface area contributed by atoms with E-state index in [1.165, 1.54) is 21.9 Å². The highest BCUT2D eigenvalue weighted by Gasteiger charge is 2.21. The largest absolute Gasteiger partial charge is 0.378 e. The summed E-state index contributed by atoms with van der Waals surface area (Å²) < 4.78 is 6.78. The summed E-state index contributed by atoms with van der Waals surface area (Å²) in [6.07, 6.45) is 2.18. The normalized spacial score (nSPS) is 17.5. The number of amides is 2. The number of ether oxygens (including phenoxy) is 1. The molecule has 2 amide bonds. The van der Waals surface area contributed by atoms with Gasteiger partial charge in [0, 0.05) is 45.2 Å². The molecule has 0 atom stereocenters. The lowest BCUT2D eigenvalue weighted by Gasteiger charge is -2.25. The SMILES string of the molecule is O=C(NCCCN1CCCC1=O)c1cc(=O)nc2sc(N3CCOCC3)nn12. The number of anilines is 1. The number of fused-ring (bicyclic) bond motifs is 1. The van der Waals surface area contributed by atoms with Crippen molar-refractivity contribution in [3.63, 3.8) is 0 Å². The maximum Gasteiger partial charge on any atom is 0.274 e. The first kappa shape index (κ1) is 18.8. The van der Waals surface area contributed by atoms with Crippen LogP contribution in [0.15, 0.2) is 10.9 Å². The van der Waals surface area contributed by atoms with E-state index in [4.69, 9.17) is 4.74 Å². The molecule has 2 aliphatic heterocycles. The van der Waals surface area contributed by atoms with Crippen LogP contribution in [-0.4, -0.2) is 77.2 Å². The molecule has 2 aliphatic rings. The summed E-state index contributed by atoms with van der Waals surface area (Å²) in [7, 11) is 0. The van der Waals surface area contributed by atoms with Gasteiger partial charge in [0.15, 0.2) is 0 Å². The van der Waals surface area contributed by atoms with Gasteiger partial charge in [-0.2, -0.15) is 9.50 Å². The van der Waals surface area contributed by atoms with E-state index in [1.54, 1.807) is 0 Å². The Labute approximate surface area is 165 Å². The Morgan fingerprint density at radius 1 is 1.25 bits per heavy atom. The topological polar surface area (TPSA) is 109 Å². The first-order chi connectivity index (χ1) is 13.6. The molecule has 2 aromatic rings. The van der Waals surface area contributed by atoms with Crippen LogP contribution in [0, 0.1) is 0 Å². The van der Waals surface area contributed by atoms with Crippen molar-refractivity contribution in [1.82, 2.24) is 24.8 Å². The zero-order valence-corrected chi connectivity index (χ0v) is 16.2. The van der Waals surface area contributed by atoms with Gasteiger partial charge < -0.3 is 19.9 Å². The molecule has 0 aromatic carbocycles. The molecule has 4 heterocycles. The summed E-state index contributed by atoms with van der Waals surface area (Å²) >= 11 is 1.28. The molecule has 0 radical (unpaired) electrons. The van der Waals surface area contributed by atoms with E-state index in [-0.39, 0.29) is 17.5 Å². The molecule has 2 saturated heterocycles. The van der Waals surface area contributed by atoms with Crippen LogP contribution in [-0.2, 0) is 9.53 Å². The number of likely N-dealkylation sites (tertiary alicyclic amines) is 1. The number of carbonyl (C=O) groups is 2. The van der Waals surface area contributed by atoms with Crippen molar-refractivity contribution in [2.75, 3.05) is 50.8 Å². The van der Waals surface area contributed by atoms with Gasteiger partial charge >= 0.3 is 0 Å². The predicted molar refractivity (Wildman–Crippen MR) is 103 cm³/mol. The van der Waals surface area contributed by atoms with Crippen LogP contribution in [0.1, 0.15) is 29.8 Å². The zero-order valence-electron chi connectivity index (χ0n) is 15.4. The van der Waals surface area contributed by atoms with E-state index in [2.05, 4.69) is 20.3 Å². The summed E-state index contributed by atoms with van der Waals surface area (Å²) in [5, 5.41) is 8.01. The van der Waals surface area contributed by atoms with E-state index >= 15 is 0 Å². The number of carbonyl (C=O) groups excluding carboxylic acids is 2. The molecule has 0 aliphatic carbocycles. The van der Waals surface area contributed by atoms with Crippen LogP contribution < -0.4 is 15.8 Å². The highest BCUT2D eigenvalue weighted by atomic mass is 32.1. The lowest BCUT2D eigenvalue weighted by molar-refractivity contribution is -0.127. The molecule has 0 unspecified atom stereocenters. The molecule has 1 N–H and O–H groups in total. The Bertz CT molecular complexity index is 935. The lowest BCUT2D eigenvalue weighted by atomic mass is 10.3. The molecule has 150 valence electrons. The molecule has 10 nitrogen and oxygen atoms in total. The zero-order chi connectivity index (χ0) is 19.5. The number of hydrogen-bond donors (Lipinski definition) is 1. The summed E-state index contributed by atoms with van der Waals surface area (Å²) in [5.74, 6) is -0.201. The van der Waals surface area contributed by atoms with Gasteiger partial charge in [0.25, 0.3) is 11.5 Å². The molecule has 0 spiro atoms. The predicted octanol–water partition coefficient (Wildman–Crippen LogP) is -0.270. The number of hydrogen-bond acceptors (Lipinski definition) is 8. The minimum atomic E-state index is -0.468. The summed E-state index contributed by atoms with van der Waals surface area (Å²) in [6.45, 7) is 4.49. The van der Waals surface area contributed by atoms with Crippen molar-refractivity contribution >= 4 is 33.2 Å². The van der Waals surface area contributed by atoms with Gasteiger partial charge in [-0.25, -0.2) is 0 Å². The van der Waals surface area contributed by atoms with Crippen molar-refractivity contribution < 1.29 is 14.3 Å². The molecular weight excluding hydrogens is 384 g/mol. The third kappa shape index (κ3) is 3.99. The van der Waals surface area contributed by atoms with Crippen LogP contribution >= 0.6 is 11.3 Å². The minimum Gasteiger partial charge on any atom is -0.378 e. The second kappa shape index (κ2) is 8.23. The van der Waals surface area contributed by atoms with Gasteiger partial charge in [0.2, 0.25) is 16.0 Å². The van der Waals surface area contributed by atoms with Gasteiger partial charge in [0.1, 0.15) is 5.69 Å². The van der Waals surface area contributed by atoms with Crippen molar-refractivity contribution in [1.29, 1.82) is 0 Å². The van der Waals surface area contributed by atoms with Crippen molar-refractivity contribution in [3.8, 4) is 0 Å². The molecule has 11 heteroatoms. The lowest BCUT2D eigenvalue weighted by Crippen LogP contribution is -2.36. The highest BCUT2D eigenvalue weighted by molar-refractivity contribution is 7.20. The van der Waals surface area contributed by atoms with Crippen molar-refractivity contribution in [3.05, 3.63) is 22.1 Å². The molecule has 2 fully saturated rings. The van der Waals surface area contributed by atoms with Crippen LogP contribution in [0.2, 0.25) is 0 Å². The van der Waals surface area contributed by atoms with Crippen LogP contribution in [0.4, 0.5) is 5.13 Å². The average molecular weight is 406 g/mol. The maximum atomic E-state index is 12.6. The molecule has 4 rings (SSSR count). The Hall–Kier alpha value is -2.53. The van der Waals surface area contributed by atoms with Gasteiger partial charge in [-0.05, 0) is 12.8 Å². The number of nitrogens with zero attached hydrogens (tertiary/aromatic N) is 5. The smallest absolute Gasteiger partial charge is 0.274 e. The first-order valence-electron chi connectivity index (χ1n) is 9.41. The van der Waals surface area contributed by atoms with E-state index in [9.17, 15) is 14.4 Å². The third-order valence-corrected chi connectivity index (χ3v) is 5.79. The average Bonchev–Trinajstić information content (AvgIpc) is 3.31. The highest BCUT2D eigenvalue weighted by Crippen LogP contribution is 2.23. The second-order valence-corrected chi connectivity index (χ2v) is 7.69. The van der Waals surface area contributed by atoms with Crippen molar-refractivity contribution in [2.24, 2.45) is 0 Å². The third-order valence-electron chi connectivity index (χ3n) is 4.82. The van der Waals surface area contributed by atoms with Gasteiger partial charge in [-0.15, -0.1) is 5.10 Å². The fourth-order valence-corrected chi connectivity index (χ4v) is 4.31. The molecule has 2 aromatic heterocycles. The Balaban J connectivity index is 1.44. The Kier molecular flexibility index (Phi) is 5.53. The van der Waals surface area contributed by atoms with E-state index in [0.29, 0.717) is 62.3 Å². The second-order valence-electron chi connectivity index (χ2n) is 6.75. The van der Waals surface area contributed by atoms with Crippen molar-refractivity contribution in [2.45, 2.75) is 19.3 Å². The number of nitrogens with one attached hydrogen (secondary N) is 1. The summed E-state index contributed by atoms with van der Waals surface area (Å²) in [4.78, 5) is 44.4. The monoisotopic (exact) mass is 406 g/mol. The fraction of sp³-hybridized carbons (Fsp3) is 0.588. The molecule has 0 saturated carbocycles. The van der Waals surface area contributed by atoms with Crippen LogP contribution in [0.3, 0.4) is 0 Å². The summed E-state index contributed by atoms with van der Waals surface area (Å²) in [5.41, 5.74) is -0.298. The fourth-order valence-electron chi connectivity index (χ4n) is 3.35. The van der Waals surface area contributed by atoms with E-state index in [0.717, 1.165) is 13.0 Å². The van der Waals surface area contributed by atoms with Gasteiger partial charge in [0.05, 0.1) is 13.2 Å². The standard InChI is InChI=1S/C17H22N6O4S/c24-13-11-12(15(26)18-4-2-6-21-5-1-3-14(21)25)23-16(19-13)28-17(20-23)22-7-9-27-10-8-22/h11H,1-10H2,(H,18,26). The number of aromatic nitrogens is 3. The first-order valence-corrected chi connectivity index (χ1v) is 10.2. The molecule has 0 bridgehead atoms. The van der Waals surface area contributed by atoms with Crippen LogP contribution in [0.5, 0.6) is 0 Å². The van der Waals surface area contributed by atoms with Gasteiger partial charge in [-0.1, -0.05) is 11.3 Å². The molecule has 28 heavy (non-hydrogen) atoms. The van der Waals surface area contributed by atoms with Crippen LogP contribution in [0.25, 0.3) is 4.96 Å². The molecular formula is C17H22N6O4S. The quantitative estimate of drug-likeness (QED) is 0.658. The maximum absolute atomic E-state index is 12.6. The van der Waals surface area contributed by atoms with E-state index in [1.807, 2.05) is 4.90 Å². The summed E-state index contributed by atoms with van der Waals surface area (Å²) in [6, 6.07) is 1.20. The number of rotatable bonds is 6.